The lowest BCUT2D eigenvalue weighted by Crippen LogP contribution is -2.29. The minimum absolute atomic E-state index is 0.00355. The zero-order valence-electron chi connectivity index (χ0n) is 12.8. The first-order valence-electron chi connectivity index (χ1n) is 6.91. The first-order chi connectivity index (χ1) is 10.8. The average Bonchev–Trinajstić information content (AvgIpc) is 2.52. The van der Waals surface area contributed by atoms with Crippen molar-refractivity contribution < 1.29 is 17.9 Å². The van der Waals surface area contributed by atoms with E-state index in [1.807, 2.05) is 18.4 Å². The molecule has 23 heavy (non-hydrogen) atoms. The van der Waals surface area contributed by atoms with Crippen LogP contribution in [0.1, 0.15) is 17.2 Å². The smallest absolute Gasteiger partial charge is 0.240 e. The van der Waals surface area contributed by atoms with E-state index in [0.717, 1.165) is 17.0 Å². The molecule has 0 radical (unpaired) electrons. The molecule has 2 aromatic carbocycles. The van der Waals surface area contributed by atoms with Gasteiger partial charge in [-0.15, -0.1) is 11.8 Å². The summed E-state index contributed by atoms with van der Waals surface area (Å²) < 4.78 is 39.9. The SMILES string of the molecule is CSc1ccc([C@@H](O)CNS(=O)(=O)c2ccc(F)cc2C)cc1. The number of aliphatic hydroxyl groups excluding tert-OH is 1. The third-order valence-corrected chi connectivity index (χ3v) is 5.72. The van der Waals surface area contributed by atoms with Crippen molar-refractivity contribution in [3.05, 3.63) is 59.4 Å². The quantitative estimate of drug-likeness (QED) is 0.782. The summed E-state index contributed by atoms with van der Waals surface area (Å²) in [5.74, 6) is -0.490. The topological polar surface area (TPSA) is 66.4 Å². The van der Waals surface area contributed by atoms with Gasteiger partial charge >= 0.3 is 0 Å². The predicted octanol–water partition coefficient (Wildman–Crippen LogP) is 2.87. The Balaban J connectivity index is 2.08. The molecule has 2 aromatic rings. The second kappa shape index (κ2) is 7.44. The van der Waals surface area contributed by atoms with Gasteiger partial charge in [0.15, 0.2) is 0 Å². The molecule has 4 nitrogen and oxygen atoms in total. The van der Waals surface area contributed by atoms with Gasteiger partial charge in [-0.25, -0.2) is 17.5 Å². The molecule has 0 aromatic heterocycles. The second-order valence-electron chi connectivity index (χ2n) is 5.05. The number of halogens is 1. The van der Waals surface area contributed by atoms with Gasteiger partial charge in [0.2, 0.25) is 10.0 Å². The van der Waals surface area contributed by atoms with E-state index in [2.05, 4.69) is 4.72 Å². The van der Waals surface area contributed by atoms with E-state index in [-0.39, 0.29) is 11.4 Å². The summed E-state index contributed by atoms with van der Waals surface area (Å²) in [6.07, 6.45) is 0.992. The molecule has 2 N–H and O–H groups in total. The monoisotopic (exact) mass is 355 g/mol. The van der Waals surface area contributed by atoms with Crippen LogP contribution in [0.4, 0.5) is 4.39 Å². The number of thioether (sulfide) groups is 1. The Kier molecular flexibility index (Phi) is 5.80. The van der Waals surface area contributed by atoms with Crippen LogP contribution in [0.5, 0.6) is 0 Å². The fraction of sp³-hybridized carbons (Fsp3) is 0.250. The number of hydrogen-bond acceptors (Lipinski definition) is 4. The summed E-state index contributed by atoms with van der Waals surface area (Å²) in [7, 11) is -3.80. The lowest BCUT2D eigenvalue weighted by Gasteiger charge is -2.14. The molecule has 0 bridgehead atoms. The normalized spacial score (nSPS) is 13.0. The van der Waals surface area contributed by atoms with Gasteiger partial charge < -0.3 is 5.11 Å². The van der Waals surface area contributed by atoms with Crippen molar-refractivity contribution in [2.45, 2.75) is 22.8 Å². The number of nitrogens with one attached hydrogen (secondary N) is 1. The van der Waals surface area contributed by atoms with Crippen LogP contribution in [0.2, 0.25) is 0 Å². The van der Waals surface area contributed by atoms with Crippen molar-refractivity contribution in [1.82, 2.24) is 4.72 Å². The lowest BCUT2D eigenvalue weighted by atomic mass is 10.1. The van der Waals surface area contributed by atoms with Crippen LogP contribution >= 0.6 is 11.8 Å². The van der Waals surface area contributed by atoms with Crippen LogP contribution in [-0.2, 0) is 10.0 Å². The van der Waals surface area contributed by atoms with Gasteiger partial charge in [0.05, 0.1) is 11.0 Å². The number of hydrogen-bond donors (Lipinski definition) is 2. The molecule has 0 fully saturated rings. The Labute approximate surface area is 139 Å². The average molecular weight is 355 g/mol. The zero-order valence-corrected chi connectivity index (χ0v) is 14.4. The summed E-state index contributed by atoms with van der Waals surface area (Å²) in [5, 5.41) is 10.1. The first-order valence-corrected chi connectivity index (χ1v) is 9.62. The highest BCUT2D eigenvalue weighted by molar-refractivity contribution is 7.98. The van der Waals surface area contributed by atoms with E-state index in [9.17, 15) is 17.9 Å². The van der Waals surface area contributed by atoms with Gasteiger partial charge in [0.1, 0.15) is 5.82 Å². The molecular weight excluding hydrogens is 337 g/mol. The van der Waals surface area contributed by atoms with Crippen LogP contribution in [0.15, 0.2) is 52.3 Å². The van der Waals surface area contributed by atoms with Crippen LogP contribution in [0.25, 0.3) is 0 Å². The van der Waals surface area contributed by atoms with Crippen molar-refractivity contribution in [2.75, 3.05) is 12.8 Å². The molecule has 0 amide bonds. The summed E-state index contributed by atoms with van der Waals surface area (Å²) >= 11 is 1.58. The molecule has 0 saturated heterocycles. The van der Waals surface area contributed by atoms with Crippen molar-refractivity contribution in [3.8, 4) is 0 Å². The molecule has 0 aliphatic rings. The maximum atomic E-state index is 13.1. The van der Waals surface area contributed by atoms with Crippen LogP contribution in [-0.4, -0.2) is 26.3 Å². The Morgan fingerprint density at radius 2 is 1.87 bits per heavy atom. The standard InChI is InChI=1S/C16H18FNO3S2/c1-11-9-13(17)5-8-16(11)23(20,21)18-10-15(19)12-3-6-14(22-2)7-4-12/h3-9,15,18-19H,10H2,1-2H3/t15-/m0/s1. The molecule has 2 rings (SSSR count). The van der Waals surface area contributed by atoms with Crippen LogP contribution in [0, 0.1) is 12.7 Å². The van der Waals surface area contributed by atoms with Crippen molar-refractivity contribution in [2.24, 2.45) is 0 Å². The molecule has 0 spiro atoms. The molecule has 0 saturated carbocycles. The van der Waals surface area contributed by atoms with E-state index in [1.54, 1.807) is 23.9 Å². The Bertz CT molecular complexity index is 776. The third-order valence-electron chi connectivity index (χ3n) is 3.39. The highest BCUT2D eigenvalue weighted by Gasteiger charge is 2.19. The van der Waals surface area contributed by atoms with Gasteiger partial charge in [-0.05, 0) is 54.6 Å². The molecule has 0 heterocycles. The zero-order chi connectivity index (χ0) is 17.0. The number of aryl methyl sites for hydroxylation is 1. The van der Waals surface area contributed by atoms with Gasteiger partial charge in [0, 0.05) is 11.4 Å². The maximum Gasteiger partial charge on any atom is 0.240 e. The van der Waals surface area contributed by atoms with Crippen molar-refractivity contribution in [3.63, 3.8) is 0 Å². The van der Waals surface area contributed by atoms with E-state index >= 15 is 0 Å². The number of rotatable bonds is 6. The molecule has 7 heteroatoms. The lowest BCUT2D eigenvalue weighted by molar-refractivity contribution is 0.182. The van der Waals surface area contributed by atoms with Crippen LogP contribution < -0.4 is 4.72 Å². The maximum absolute atomic E-state index is 13.1. The summed E-state index contributed by atoms with van der Waals surface area (Å²) in [5.41, 5.74) is 0.942. The number of benzene rings is 2. The largest absolute Gasteiger partial charge is 0.387 e. The minimum atomic E-state index is -3.80. The molecule has 0 aliphatic heterocycles. The predicted molar refractivity (Wildman–Crippen MR) is 89.5 cm³/mol. The molecule has 124 valence electrons. The molecular formula is C16H18FNO3S2. The third kappa shape index (κ3) is 4.54. The van der Waals surface area contributed by atoms with Gasteiger partial charge in [0.25, 0.3) is 0 Å². The highest BCUT2D eigenvalue weighted by atomic mass is 32.2. The fourth-order valence-corrected chi connectivity index (χ4v) is 3.80. The number of sulfonamides is 1. The molecule has 0 unspecified atom stereocenters. The van der Waals surface area contributed by atoms with E-state index < -0.39 is 21.9 Å². The van der Waals surface area contributed by atoms with Crippen molar-refractivity contribution >= 4 is 21.8 Å². The number of aliphatic hydroxyl groups is 1. The van der Waals surface area contributed by atoms with Crippen molar-refractivity contribution in [1.29, 1.82) is 0 Å². The van der Waals surface area contributed by atoms with E-state index in [4.69, 9.17) is 0 Å². The minimum Gasteiger partial charge on any atom is -0.387 e. The Morgan fingerprint density at radius 1 is 1.22 bits per heavy atom. The highest BCUT2D eigenvalue weighted by Crippen LogP contribution is 2.20. The first kappa shape index (κ1) is 17.9. The summed E-state index contributed by atoms with van der Waals surface area (Å²) in [6, 6.07) is 10.7. The Hall–Kier alpha value is -1.41. The second-order valence-corrected chi connectivity index (χ2v) is 7.67. The molecule has 0 aliphatic carbocycles. The van der Waals surface area contributed by atoms with Gasteiger partial charge in [-0.3, -0.25) is 0 Å². The fourth-order valence-electron chi connectivity index (χ4n) is 2.12. The van der Waals surface area contributed by atoms with Crippen LogP contribution in [0.3, 0.4) is 0 Å². The molecule has 1 atom stereocenters. The van der Waals surface area contributed by atoms with E-state index in [0.29, 0.717) is 11.1 Å². The van der Waals surface area contributed by atoms with Gasteiger partial charge in [-0.1, -0.05) is 12.1 Å². The Morgan fingerprint density at radius 3 is 2.43 bits per heavy atom. The summed E-state index contributed by atoms with van der Waals surface area (Å²) in [4.78, 5) is 1.06. The van der Waals surface area contributed by atoms with E-state index in [1.165, 1.54) is 13.0 Å². The summed E-state index contributed by atoms with van der Waals surface area (Å²) in [6.45, 7) is 1.37. The van der Waals surface area contributed by atoms with Gasteiger partial charge in [-0.2, -0.15) is 0 Å².